The van der Waals surface area contributed by atoms with Gasteiger partial charge in [0.25, 0.3) is 0 Å². The van der Waals surface area contributed by atoms with Crippen LogP contribution in [-0.4, -0.2) is 35.8 Å². The molecule has 0 spiro atoms. The number of ketones is 1. The molecule has 2 amide bonds. The van der Waals surface area contributed by atoms with Crippen molar-refractivity contribution in [3.63, 3.8) is 0 Å². The highest BCUT2D eigenvalue weighted by Gasteiger charge is 2.48. The van der Waals surface area contributed by atoms with E-state index in [1.807, 2.05) is 0 Å². The first-order valence-electron chi connectivity index (χ1n) is 7.62. The maximum atomic E-state index is 12.5. The highest BCUT2D eigenvalue weighted by molar-refractivity contribution is 6.03. The normalized spacial score (nSPS) is 31.9. The zero-order valence-electron chi connectivity index (χ0n) is 12.7. The Labute approximate surface area is 124 Å². The topological polar surface area (TPSA) is 98.5 Å². The second-order valence-electron chi connectivity index (χ2n) is 6.35. The van der Waals surface area contributed by atoms with Gasteiger partial charge in [0, 0.05) is 0 Å². The molecule has 21 heavy (non-hydrogen) atoms. The van der Waals surface area contributed by atoms with Gasteiger partial charge in [-0.25, -0.2) is 0 Å². The Kier molecular flexibility index (Phi) is 4.66. The number of hydrogen-bond donors (Lipinski definition) is 2. The Bertz CT molecular complexity index is 445. The lowest BCUT2D eigenvalue weighted by atomic mass is 9.78. The smallest absolute Gasteiger partial charge is 0.233 e. The van der Waals surface area contributed by atoms with E-state index in [9.17, 15) is 14.4 Å². The Morgan fingerprint density at radius 2 is 1.95 bits per heavy atom. The van der Waals surface area contributed by atoms with Crippen molar-refractivity contribution >= 4 is 17.6 Å². The quantitative estimate of drug-likeness (QED) is 0.739. The van der Waals surface area contributed by atoms with Gasteiger partial charge in [0.1, 0.15) is 18.1 Å². The lowest BCUT2D eigenvalue weighted by Gasteiger charge is -2.32. The van der Waals surface area contributed by atoms with E-state index in [1.165, 1.54) is 0 Å². The van der Waals surface area contributed by atoms with Crippen LogP contribution in [0.1, 0.15) is 46.0 Å². The molecule has 1 aliphatic carbocycles. The number of nitrogens with one attached hydrogen (secondary N) is 1. The van der Waals surface area contributed by atoms with Gasteiger partial charge in [0.05, 0.1) is 6.10 Å². The minimum Gasteiger partial charge on any atom is -0.369 e. The van der Waals surface area contributed by atoms with Crippen molar-refractivity contribution in [2.45, 2.75) is 57.6 Å². The number of ether oxygens (including phenoxy) is 1. The molecule has 0 bridgehead atoms. The van der Waals surface area contributed by atoms with Gasteiger partial charge in [-0.3, -0.25) is 14.4 Å². The fourth-order valence-electron chi connectivity index (χ4n) is 3.29. The highest BCUT2D eigenvalue weighted by atomic mass is 16.5. The van der Waals surface area contributed by atoms with Crippen molar-refractivity contribution in [3.8, 4) is 0 Å². The van der Waals surface area contributed by atoms with Gasteiger partial charge in [-0.2, -0.15) is 0 Å². The summed E-state index contributed by atoms with van der Waals surface area (Å²) in [6.07, 6.45) is 4.41. The lowest BCUT2D eigenvalue weighted by Crippen LogP contribution is -2.59. The van der Waals surface area contributed by atoms with Crippen LogP contribution in [0.2, 0.25) is 0 Å². The predicted molar refractivity (Wildman–Crippen MR) is 76.2 cm³/mol. The van der Waals surface area contributed by atoms with Crippen LogP contribution in [-0.2, 0) is 19.1 Å². The molecule has 6 nitrogen and oxygen atoms in total. The van der Waals surface area contributed by atoms with Gasteiger partial charge >= 0.3 is 0 Å². The Hall–Kier alpha value is -1.43. The molecule has 0 aromatic carbocycles. The van der Waals surface area contributed by atoms with Crippen molar-refractivity contribution in [3.05, 3.63) is 0 Å². The molecule has 1 heterocycles. The van der Waals surface area contributed by atoms with Gasteiger partial charge in [0.15, 0.2) is 5.78 Å². The zero-order valence-corrected chi connectivity index (χ0v) is 12.7. The largest absolute Gasteiger partial charge is 0.369 e. The highest BCUT2D eigenvalue weighted by Crippen LogP contribution is 2.31. The molecule has 3 N–H and O–H groups in total. The van der Waals surface area contributed by atoms with Gasteiger partial charge in [-0.1, -0.05) is 19.3 Å². The molecule has 0 aromatic heterocycles. The Morgan fingerprint density at radius 3 is 2.43 bits per heavy atom. The number of Topliss-reactive ketones (excluding diaryl/α,β-unsaturated/α-hetero) is 1. The first kappa shape index (κ1) is 15.9. The van der Waals surface area contributed by atoms with Crippen LogP contribution in [0.3, 0.4) is 0 Å². The molecule has 1 saturated carbocycles. The summed E-state index contributed by atoms with van der Waals surface area (Å²) in [6, 6.07) is 0. The second-order valence-corrected chi connectivity index (χ2v) is 6.35. The minimum atomic E-state index is -1.07. The van der Waals surface area contributed by atoms with Crippen LogP contribution in [0.5, 0.6) is 0 Å². The molecule has 2 rings (SSSR count). The first-order valence-corrected chi connectivity index (χ1v) is 7.62. The van der Waals surface area contributed by atoms with Crippen molar-refractivity contribution in [1.29, 1.82) is 0 Å². The summed E-state index contributed by atoms with van der Waals surface area (Å²) < 4.78 is 5.29. The van der Waals surface area contributed by atoms with Crippen molar-refractivity contribution in [2.24, 2.45) is 17.6 Å². The van der Waals surface area contributed by atoms with E-state index in [0.29, 0.717) is 0 Å². The summed E-state index contributed by atoms with van der Waals surface area (Å²) in [5, 5.41) is 2.72. The summed E-state index contributed by atoms with van der Waals surface area (Å²) in [7, 11) is 0. The SMILES string of the molecule is CC1OCC(=O)C1(C)NC(=O)C(C(N)=O)C1CCCCC1. The minimum absolute atomic E-state index is 0.0113. The van der Waals surface area contributed by atoms with Crippen molar-refractivity contribution in [1.82, 2.24) is 5.32 Å². The lowest BCUT2D eigenvalue weighted by molar-refractivity contribution is -0.140. The first-order chi connectivity index (χ1) is 9.86. The Morgan fingerprint density at radius 1 is 1.33 bits per heavy atom. The van der Waals surface area contributed by atoms with Crippen LogP contribution in [0.4, 0.5) is 0 Å². The van der Waals surface area contributed by atoms with Crippen molar-refractivity contribution in [2.75, 3.05) is 6.61 Å². The third-order valence-electron chi connectivity index (χ3n) is 4.95. The van der Waals surface area contributed by atoms with Crippen LogP contribution in [0.15, 0.2) is 0 Å². The van der Waals surface area contributed by atoms with Crippen LogP contribution >= 0.6 is 0 Å². The summed E-state index contributed by atoms with van der Waals surface area (Å²) in [6.45, 7) is 3.37. The number of primary amides is 1. The molecule has 6 heteroatoms. The van der Waals surface area contributed by atoms with Crippen LogP contribution in [0, 0.1) is 11.8 Å². The fourth-order valence-corrected chi connectivity index (χ4v) is 3.29. The number of nitrogens with two attached hydrogens (primary N) is 1. The standard InChI is InChI=1S/C15H24N2O4/c1-9-15(2,11(18)8-21-9)17-14(20)12(13(16)19)10-6-4-3-5-7-10/h9-10,12H,3-8H2,1-2H3,(H2,16,19)(H,17,20). The summed E-state index contributed by atoms with van der Waals surface area (Å²) >= 11 is 0. The number of hydrogen-bond acceptors (Lipinski definition) is 4. The molecular formula is C15H24N2O4. The van der Waals surface area contributed by atoms with E-state index in [1.54, 1.807) is 13.8 Å². The maximum absolute atomic E-state index is 12.5. The number of amides is 2. The summed E-state index contributed by atoms with van der Waals surface area (Å²) in [5.41, 5.74) is 4.37. The molecule has 1 saturated heterocycles. The molecule has 0 radical (unpaired) electrons. The third-order valence-corrected chi connectivity index (χ3v) is 4.95. The van der Waals surface area contributed by atoms with Crippen molar-refractivity contribution < 1.29 is 19.1 Å². The molecule has 118 valence electrons. The second kappa shape index (κ2) is 6.13. The van der Waals surface area contributed by atoms with E-state index >= 15 is 0 Å². The van der Waals surface area contributed by atoms with Crippen LogP contribution < -0.4 is 11.1 Å². The van der Waals surface area contributed by atoms with E-state index in [0.717, 1.165) is 32.1 Å². The molecule has 1 aliphatic heterocycles. The number of rotatable bonds is 4. The Balaban J connectivity index is 2.12. The molecule has 3 atom stereocenters. The molecule has 3 unspecified atom stereocenters. The van der Waals surface area contributed by atoms with Gasteiger partial charge in [0.2, 0.25) is 11.8 Å². The number of carbonyl (C=O) groups is 3. The van der Waals surface area contributed by atoms with Gasteiger partial charge in [-0.05, 0) is 32.6 Å². The number of carbonyl (C=O) groups excluding carboxylic acids is 3. The monoisotopic (exact) mass is 296 g/mol. The fraction of sp³-hybridized carbons (Fsp3) is 0.800. The maximum Gasteiger partial charge on any atom is 0.233 e. The molecular weight excluding hydrogens is 272 g/mol. The van der Waals surface area contributed by atoms with E-state index < -0.39 is 29.4 Å². The third kappa shape index (κ3) is 3.10. The van der Waals surface area contributed by atoms with Crippen LogP contribution in [0.25, 0.3) is 0 Å². The van der Waals surface area contributed by atoms with Gasteiger partial charge < -0.3 is 15.8 Å². The van der Waals surface area contributed by atoms with E-state index in [-0.39, 0.29) is 18.3 Å². The molecule has 2 aliphatic rings. The summed E-state index contributed by atoms with van der Waals surface area (Å²) in [5.74, 6) is -2.10. The summed E-state index contributed by atoms with van der Waals surface area (Å²) in [4.78, 5) is 36.2. The van der Waals surface area contributed by atoms with Gasteiger partial charge in [-0.15, -0.1) is 0 Å². The zero-order chi connectivity index (χ0) is 15.6. The average molecular weight is 296 g/mol. The average Bonchev–Trinajstić information content (AvgIpc) is 2.67. The molecule has 2 fully saturated rings. The molecule has 0 aromatic rings. The van der Waals surface area contributed by atoms with E-state index in [4.69, 9.17) is 10.5 Å². The van der Waals surface area contributed by atoms with E-state index in [2.05, 4.69) is 5.32 Å². The predicted octanol–water partition coefficient (Wildman–Crippen LogP) is 0.531.